The van der Waals surface area contributed by atoms with Gasteiger partial charge in [-0.05, 0) is 6.92 Å². The van der Waals surface area contributed by atoms with Crippen LogP contribution in [0, 0.1) is 0 Å². The summed E-state index contributed by atoms with van der Waals surface area (Å²) < 4.78 is 5.11. The van der Waals surface area contributed by atoms with Crippen LogP contribution in [0.1, 0.15) is 13.8 Å². The second-order valence-corrected chi connectivity index (χ2v) is 3.11. The Morgan fingerprint density at radius 2 is 2.08 bits per heavy atom. The van der Waals surface area contributed by atoms with Crippen molar-refractivity contribution in [2.45, 2.75) is 19.4 Å². The third-order valence-corrected chi connectivity index (χ3v) is 2.15. The molecule has 0 unspecified atom stereocenters. The maximum atomic E-state index is 10.8. The summed E-state index contributed by atoms with van der Waals surface area (Å²) in [6.07, 6.45) is 0. The van der Waals surface area contributed by atoms with Crippen LogP contribution in [0.2, 0.25) is 0 Å². The van der Waals surface area contributed by atoms with Gasteiger partial charge >= 0.3 is 5.97 Å². The summed E-state index contributed by atoms with van der Waals surface area (Å²) in [5.74, 6) is -1.11. The van der Waals surface area contributed by atoms with Crippen molar-refractivity contribution in [2.75, 3.05) is 19.7 Å². The molecule has 74 valence electrons. The van der Waals surface area contributed by atoms with Crippen molar-refractivity contribution < 1.29 is 19.4 Å². The number of likely N-dealkylation sites (tertiary alicyclic amines) is 1. The molecule has 0 radical (unpaired) electrons. The molecule has 0 aromatic rings. The van der Waals surface area contributed by atoms with Gasteiger partial charge in [0.25, 0.3) is 0 Å². The Kier molecular flexibility index (Phi) is 2.56. The van der Waals surface area contributed by atoms with Crippen molar-refractivity contribution in [1.29, 1.82) is 0 Å². The standard InChI is InChI=1S/C8H13NO4/c1-3-13-8(7(11)12)4-9(5-8)6(2)10/h3-5H2,1-2H3,(H,11,12). The van der Waals surface area contributed by atoms with Crippen LogP contribution in [0.15, 0.2) is 0 Å². The van der Waals surface area contributed by atoms with Crippen molar-refractivity contribution in [3.05, 3.63) is 0 Å². The monoisotopic (exact) mass is 187 g/mol. The number of amides is 1. The van der Waals surface area contributed by atoms with Gasteiger partial charge in [-0.25, -0.2) is 4.79 Å². The van der Waals surface area contributed by atoms with Crippen molar-refractivity contribution in [3.63, 3.8) is 0 Å². The SMILES string of the molecule is CCOC1(C(=O)O)CN(C(C)=O)C1. The van der Waals surface area contributed by atoms with E-state index in [1.807, 2.05) is 0 Å². The summed E-state index contributed by atoms with van der Waals surface area (Å²) in [6, 6.07) is 0. The highest BCUT2D eigenvalue weighted by Gasteiger charge is 2.51. The first-order chi connectivity index (χ1) is 6.02. The molecule has 5 heteroatoms. The quantitative estimate of drug-likeness (QED) is 0.659. The first-order valence-electron chi connectivity index (χ1n) is 4.14. The Labute approximate surface area is 76.3 Å². The van der Waals surface area contributed by atoms with Gasteiger partial charge in [0.05, 0.1) is 13.1 Å². The summed E-state index contributed by atoms with van der Waals surface area (Å²) in [7, 11) is 0. The van der Waals surface area contributed by atoms with E-state index < -0.39 is 11.6 Å². The molecule has 0 bridgehead atoms. The number of carboxylic acids is 1. The maximum absolute atomic E-state index is 10.8. The van der Waals surface area contributed by atoms with Crippen LogP contribution in [0.5, 0.6) is 0 Å². The van der Waals surface area contributed by atoms with E-state index in [2.05, 4.69) is 0 Å². The molecule has 1 saturated heterocycles. The van der Waals surface area contributed by atoms with Crippen LogP contribution in [-0.4, -0.2) is 47.2 Å². The Morgan fingerprint density at radius 3 is 2.38 bits per heavy atom. The molecular formula is C8H13NO4. The van der Waals surface area contributed by atoms with Gasteiger partial charge in [0.15, 0.2) is 5.60 Å². The van der Waals surface area contributed by atoms with E-state index in [9.17, 15) is 9.59 Å². The van der Waals surface area contributed by atoms with Gasteiger partial charge in [0.2, 0.25) is 5.91 Å². The zero-order valence-corrected chi connectivity index (χ0v) is 7.74. The van der Waals surface area contributed by atoms with Crippen LogP contribution < -0.4 is 0 Å². The predicted octanol–water partition coefficient (Wildman–Crippen LogP) is -0.292. The first kappa shape index (κ1) is 9.98. The third-order valence-electron chi connectivity index (χ3n) is 2.15. The second-order valence-electron chi connectivity index (χ2n) is 3.11. The van der Waals surface area contributed by atoms with E-state index in [0.29, 0.717) is 6.61 Å². The summed E-state index contributed by atoms with van der Waals surface area (Å²) in [6.45, 7) is 3.81. The molecular weight excluding hydrogens is 174 g/mol. The average molecular weight is 187 g/mol. The van der Waals surface area contributed by atoms with Gasteiger partial charge in [-0.15, -0.1) is 0 Å². The van der Waals surface area contributed by atoms with Gasteiger partial charge in [0, 0.05) is 13.5 Å². The normalized spacial score (nSPS) is 19.4. The number of carbonyl (C=O) groups is 2. The molecule has 1 N–H and O–H groups in total. The molecule has 0 aliphatic carbocycles. The molecule has 13 heavy (non-hydrogen) atoms. The number of hydrogen-bond donors (Lipinski definition) is 1. The molecule has 1 amide bonds. The van der Waals surface area contributed by atoms with Crippen molar-refractivity contribution in [2.24, 2.45) is 0 Å². The lowest BCUT2D eigenvalue weighted by Crippen LogP contribution is -2.68. The molecule has 0 saturated carbocycles. The van der Waals surface area contributed by atoms with E-state index in [1.54, 1.807) is 6.92 Å². The zero-order chi connectivity index (χ0) is 10.1. The molecule has 5 nitrogen and oxygen atoms in total. The number of carboxylic acid groups (broad SMARTS) is 1. The molecule has 0 aromatic carbocycles. The minimum absolute atomic E-state index is 0.114. The van der Waals surface area contributed by atoms with Crippen LogP contribution in [0.25, 0.3) is 0 Å². The molecule has 1 rings (SSSR count). The lowest BCUT2D eigenvalue weighted by atomic mass is 9.94. The third kappa shape index (κ3) is 1.65. The molecule has 0 atom stereocenters. The van der Waals surface area contributed by atoms with Crippen LogP contribution >= 0.6 is 0 Å². The summed E-state index contributed by atoms with van der Waals surface area (Å²) in [5, 5.41) is 8.85. The van der Waals surface area contributed by atoms with Crippen molar-refractivity contribution in [1.82, 2.24) is 4.90 Å². The lowest BCUT2D eigenvalue weighted by molar-refractivity contribution is -0.192. The molecule has 0 spiro atoms. The van der Waals surface area contributed by atoms with E-state index in [4.69, 9.17) is 9.84 Å². The Bertz CT molecular complexity index is 232. The van der Waals surface area contributed by atoms with Crippen LogP contribution in [0.4, 0.5) is 0 Å². The Hall–Kier alpha value is -1.10. The lowest BCUT2D eigenvalue weighted by Gasteiger charge is -2.45. The molecule has 1 aliphatic rings. The first-order valence-corrected chi connectivity index (χ1v) is 4.14. The maximum Gasteiger partial charge on any atom is 0.339 e. The molecule has 1 aliphatic heterocycles. The van der Waals surface area contributed by atoms with Gasteiger partial charge in [-0.2, -0.15) is 0 Å². The number of rotatable bonds is 3. The second kappa shape index (κ2) is 3.33. The van der Waals surface area contributed by atoms with Gasteiger partial charge < -0.3 is 14.7 Å². The minimum Gasteiger partial charge on any atom is -0.479 e. The highest BCUT2D eigenvalue weighted by atomic mass is 16.5. The Morgan fingerprint density at radius 1 is 1.54 bits per heavy atom. The topological polar surface area (TPSA) is 66.8 Å². The van der Waals surface area contributed by atoms with E-state index in [-0.39, 0.29) is 19.0 Å². The fraction of sp³-hybridized carbons (Fsp3) is 0.750. The van der Waals surface area contributed by atoms with Gasteiger partial charge in [-0.1, -0.05) is 0 Å². The van der Waals surface area contributed by atoms with Gasteiger partial charge in [0.1, 0.15) is 0 Å². The summed E-state index contributed by atoms with van der Waals surface area (Å²) in [5.41, 5.74) is -1.15. The van der Waals surface area contributed by atoms with E-state index in [1.165, 1.54) is 11.8 Å². The summed E-state index contributed by atoms with van der Waals surface area (Å²) in [4.78, 5) is 23.1. The smallest absolute Gasteiger partial charge is 0.339 e. The fourth-order valence-corrected chi connectivity index (χ4v) is 1.36. The molecule has 0 aromatic heterocycles. The number of ether oxygens (including phenoxy) is 1. The predicted molar refractivity (Wildman–Crippen MR) is 44.2 cm³/mol. The minimum atomic E-state index is -1.15. The molecule has 1 heterocycles. The van der Waals surface area contributed by atoms with Gasteiger partial charge in [-0.3, -0.25) is 4.79 Å². The average Bonchev–Trinajstić information content (AvgIpc) is 1.94. The Balaban J connectivity index is 2.58. The highest BCUT2D eigenvalue weighted by molar-refractivity contribution is 5.84. The highest BCUT2D eigenvalue weighted by Crippen LogP contribution is 2.25. The molecule has 1 fully saturated rings. The van der Waals surface area contributed by atoms with Crippen molar-refractivity contribution >= 4 is 11.9 Å². The fourth-order valence-electron chi connectivity index (χ4n) is 1.36. The number of aliphatic carboxylic acids is 1. The van der Waals surface area contributed by atoms with E-state index in [0.717, 1.165) is 0 Å². The van der Waals surface area contributed by atoms with Crippen LogP contribution in [-0.2, 0) is 14.3 Å². The number of carbonyl (C=O) groups excluding carboxylic acids is 1. The number of nitrogens with zero attached hydrogens (tertiary/aromatic N) is 1. The number of hydrogen-bond acceptors (Lipinski definition) is 3. The summed E-state index contributed by atoms with van der Waals surface area (Å²) >= 11 is 0. The van der Waals surface area contributed by atoms with Crippen LogP contribution in [0.3, 0.4) is 0 Å². The van der Waals surface area contributed by atoms with Crippen molar-refractivity contribution in [3.8, 4) is 0 Å². The zero-order valence-electron chi connectivity index (χ0n) is 7.74. The largest absolute Gasteiger partial charge is 0.479 e. The van der Waals surface area contributed by atoms with E-state index >= 15 is 0 Å².